The molecule has 2 aromatic rings. The minimum absolute atomic E-state index is 0.116. The number of ether oxygens (including phenoxy) is 2. The molecule has 1 atom stereocenters. The summed E-state index contributed by atoms with van der Waals surface area (Å²) in [5, 5.41) is 16.2. The lowest BCUT2D eigenvalue weighted by Crippen LogP contribution is -2.33. The Morgan fingerprint density at radius 2 is 2.03 bits per heavy atom. The Hall–Kier alpha value is -3.60. The first-order valence-electron chi connectivity index (χ1n) is 10.4. The highest BCUT2D eigenvalue weighted by Crippen LogP contribution is 2.27. The second kappa shape index (κ2) is 12.0. The van der Waals surface area contributed by atoms with Crippen LogP contribution in [0.3, 0.4) is 0 Å². The normalized spacial score (nSPS) is 16.0. The van der Waals surface area contributed by atoms with E-state index >= 15 is 0 Å². The highest BCUT2D eigenvalue weighted by atomic mass is 19.4. The number of rotatable bonds is 10. The van der Waals surface area contributed by atoms with E-state index < -0.39 is 18.5 Å². The molecule has 3 rings (SSSR count). The standard InChI is InChI=1S/C23H24F3N3O5/c24-23(25,26)21-6-1-17(12-27-21)14-34-29-20(13-30)18-2-4-19(5-3-18)33-15-22(31)28-11-16-7-9-32-10-8-16/h1-7,9,12,16,30H,8,10-11,13-15H2,(H,28,31)/b29-20-. The van der Waals surface area contributed by atoms with E-state index in [9.17, 15) is 23.1 Å². The largest absolute Gasteiger partial charge is 0.501 e. The number of aromatic nitrogens is 1. The molecule has 1 aromatic carbocycles. The summed E-state index contributed by atoms with van der Waals surface area (Å²) in [6.45, 7) is 0.469. The quantitative estimate of drug-likeness (QED) is 0.401. The molecular weight excluding hydrogens is 455 g/mol. The predicted molar refractivity (Wildman–Crippen MR) is 116 cm³/mol. The molecule has 0 fully saturated rings. The van der Waals surface area contributed by atoms with E-state index in [4.69, 9.17) is 14.3 Å². The first-order valence-corrected chi connectivity index (χ1v) is 10.4. The van der Waals surface area contributed by atoms with Crippen LogP contribution in [0.2, 0.25) is 0 Å². The number of pyridine rings is 1. The molecule has 2 heterocycles. The Labute approximate surface area is 194 Å². The van der Waals surface area contributed by atoms with Crippen molar-refractivity contribution in [1.82, 2.24) is 10.3 Å². The number of hydrogen-bond donors (Lipinski definition) is 2. The number of amides is 1. The maximum Gasteiger partial charge on any atom is 0.433 e. The summed E-state index contributed by atoms with van der Waals surface area (Å²) in [6, 6.07) is 8.61. The lowest BCUT2D eigenvalue weighted by Gasteiger charge is -2.17. The molecule has 8 nitrogen and oxygen atoms in total. The first kappa shape index (κ1) is 25.0. The van der Waals surface area contributed by atoms with E-state index in [1.807, 2.05) is 6.08 Å². The zero-order valence-corrected chi connectivity index (χ0v) is 18.1. The van der Waals surface area contributed by atoms with Crippen LogP contribution in [0.4, 0.5) is 13.2 Å². The van der Waals surface area contributed by atoms with Crippen molar-refractivity contribution in [2.24, 2.45) is 11.1 Å². The number of alkyl halides is 3. The number of aliphatic hydroxyl groups is 1. The average Bonchev–Trinajstić information content (AvgIpc) is 2.85. The second-order valence-corrected chi connectivity index (χ2v) is 7.38. The summed E-state index contributed by atoms with van der Waals surface area (Å²) >= 11 is 0. The summed E-state index contributed by atoms with van der Waals surface area (Å²) in [5.74, 6) is 0.456. The summed E-state index contributed by atoms with van der Waals surface area (Å²) in [7, 11) is 0. The van der Waals surface area contributed by atoms with Crippen molar-refractivity contribution in [3.63, 3.8) is 0 Å². The molecule has 0 radical (unpaired) electrons. The number of benzene rings is 1. The SMILES string of the molecule is O=C(COc1ccc(/C(CO)=N\OCc2ccc(C(F)(F)F)nc2)cc1)NCC1C=COCC1. The fourth-order valence-corrected chi connectivity index (χ4v) is 2.94. The summed E-state index contributed by atoms with van der Waals surface area (Å²) in [4.78, 5) is 20.5. The number of oxime groups is 1. The monoisotopic (exact) mass is 479 g/mol. The fourth-order valence-electron chi connectivity index (χ4n) is 2.94. The Morgan fingerprint density at radius 1 is 1.24 bits per heavy atom. The Balaban J connectivity index is 1.46. The van der Waals surface area contributed by atoms with Crippen LogP contribution in [0.25, 0.3) is 0 Å². The van der Waals surface area contributed by atoms with Crippen LogP contribution in [-0.2, 0) is 27.2 Å². The first-order chi connectivity index (χ1) is 16.3. The third-order valence-corrected chi connectivity index (χ3v) is 4.84. The van der Waals surface area contributed by atoms with Gasteiger partial charge >= 0.3 is 6.18 Å². The van der Waals surface area contributed by atoms with Gasteiger partial charge in [0.2, 0.25) is 0 Å². The third-order valence-electron chi connectivity index (χ3n) is 4.84. The van der Waals surface area contributed by atoms with Crippen molar-refractivity contribution >= 4 is 11.6 Å². The minimum atomic E-state index is -4.51. The van der Waals surface area contributed by atoms with Gasteiger partial charge in [0.1, 0.15) is 23.8 Å². The number of carbonyl (C=O) groups excluding carboxylic acids is 1. The number of nitrogens with zero attached hydrogens (tertiary/aromatic N) is 2. The van der Waals surface area contributed by atoms with E-state index in [1.165, 1.54) is 6.07 Å². The van der Waals surface area contributed by atoms with E-state index in [-0.39, 0.29) is 30.8 Å². The number of hydrogen-bond acceptors (Lipinski definition) is 7. The van der Waals surface area contributed by atoms with Crippen LogP contribution in [-0.4, -0.2) is 48.1 Å². The van der Waals surface area contributed by atoms with E-state index in [0.29, 0.717) is 30.0 Å². The lowest BCUT2D eigenvalue weighted by atomic mass is 10.1. The zero-order valence-electron chi connectivity index (χ0n) is 18.1. The molecule has 0 spiro atoms. The third kappa shape index (κ3) is 7.77. The Kier molecular flexibility index (Phi) is 8.86. The van der Waals surface area contributed by atoms with Crippen molar-refractivity contribution in [2.75, 3.05) is 26.4 Å². The molecule has 0 bridgehead atoms. The highest BCUT2D eigenvalue weighted by Gasteiger charge is 2.32. The van der Waals surface area contributed by atoms with E-state index in [0.717, 1.165) is 18.7 Å². The number of halogens is 3. The van der Waals surface area contributed by atoms with Crippen LogP contribution >= 0.6 is 0 Å². The molecule has 0 saturated carbocycles. The second-order valence-electron chi connectivity index (χ2n) is 7.38. The smallest absolute Gasteiger partial charge is 0.433 e. The topological polar surface area (TPSA) is 102 Å². The molecule has 182 valence electrons. The van der Waals surface area contributed by atoms with Crippen LogP contribution < -0.4 is 10.1 Å². The maximum atomic E-state index is 12.6. The van der Waals surface area contributed by atoms with Gasteiger partial charge in [-0.05, 0) is 42.8 Å². The molecule has 1 aromatic heterocycles. The number of aliphatic hydroxyl groups excluding tert-OH is 1. The molecular formula is C23H24F3N3O5. The number of nitrogens with one attached hydrogen (secondary N) is 1. The molecule has 1 unspecified atom stereocenters. The van der Waals surface area contributed by atoms with Crippen molar-refractivity contribution in [1.29, 1.82) is 0 Å². The minimum Gasteiger partial charge on any atom is -0.501 e. The van der Waals surface area contributed by atoms with Gasteiger partial charge in [-0.15, -0.1) is 0 Å². The lowest BCUT2D eigenvalue weighted by molar-refractivity contribution is -0.141. The van der Waals surface area contributed by atoms with Crippen molar-refractivity contribution in [2.45, 2.75) is 19.2 Å². The van der Waals surface area contributed by atoms with E-state index in [1.54, 1.807) is 30.5 Å². The zero-order chi connectivity index (χ0) is 24.4. The molecule has 0 aliphatic carbocycles. The van der Waals surface area contributed by atoms with Gasteiger partial charge in [-0.25, -0.2) is 0 Å². The average molecular weight is 479 g/mol. The summed E-state index contributed by atoms with van der Waals surface area (Å²) in [6.07, 6.45) is 0.940. The molecule has 1 aliphatic heterocycles. The van der Waals surface area contributed by atoms with E-state index in [2.05, 4.69) is 15.5 Å². The number of carbonyl (C=O) groups is 1. The van der Waals surface area contributed by atoms with Gasteiger partial charge in [0, 0.05) is 29.8 Å². The van der Waals surface area contributed by atoms with Gasteiger partial charge in [-0.2, -0.15) is 13.2 Å². The van der Waals surface area contributed by atoms with Gasteiger partial charge in [-0.1, -0.05) is 11.2 Å². The van der Waals surface area contributed by atoms with Crippen molar-refractivity contribution < 1.29 is 37.4 Å². The van der Waals surface area contributed by atoms with Crippen LogP contribution in [0.15, 0.2) is 60.1 Å². The van der Waals surface area contributed by atoms with Gasteiger partial charge in [0.25, 0.3) is 5.91 Å². The van der Waals surface area contributed by atoms with Gasteiger partial charge < -0.3 is 24.7 Å². The maximum absolute atomic E-state index is 12.6. The molecule has 34 heavy (non-hydrogen) atoms. The molecule has 0 saturated heterocycles. The van der Waals surface area contributed by atoms with Crippen LogP contribution in [0, 0.1) is 5.92 Å². The van der Waals surface area contributed by atoms with Gasteiger partial charge in [-0.3, -0.25) is 9.78 Å². The van der Waals surface area contributed by atoms with Crippen molar-refractivity contribution in [3.05, 3.63) is 71.8 Å². The Bertz CT molecular complexity index is 992. The summed E-state index contributed by atoms with van der Waals surface area (Å²) < 4.78 is 48.3. The van der Waals surface area contributed by atoms with Crippen LogP contribution in [0.5, 0.6) is 5.75 Å². The predicted octanol–water partition coefficient (Wildman–Crippen LogP) is 3.06. The molecule has 1 amide bonds. The van der Waals surface area contributed by atoms with Crippen LogP contribution in [0.1, 0.15) is 23.2 Å². The summed E-state index contributed by atoms with van der Waals surface area (Å²) in [5.41, 5.74) is 0.167. The Morgan fingerprint density at radius 3 is 2.65 bits per heavy atom. The van der Waals surface area contributed by atoms with Gasteiger partial charge in [0.05, 0.1) is 19.5 Å². The molecule has 11 heteroatoms. The van der Waals surface area contributed by atoms with Gasteiger partial charge in [0.15, 0.2) is 6.61 Å². The van der Waals surface area contributed by atoms with Crippen molar-refractivity contribution in [3.8, 4) is 5.75 Å². The highest BCUT2D eigenvalue weighted by molar-refractivity contribution is 6.01. The molecule has 1 aliphatic rings. The fraction of sp³-hybridized carbons (Fsp3) is 0.348. The molecule has 2 N–H and O–H groups in total.